The van der Waals surface area contributed by atoms with Gasteiger partial charge in [0.05, 0.1) is 0 Å². The highest BCUT2D eigenvalue weighted by atomic mass is 14.4. The van der Waals surface area contributed by atoms with Crippen LogP contribution in [0, 0.1) is 23.7 Å². The molecule has 0 aliphatic heterocycles. The van der Waals surface area contributed by atoms with Crippen molar-refractivity contribution in [3.63, 3.8) is 0 Å². The molecule has 2 fully saturated rings. The van der Waals surface area contributed by atoms with Gasteiger partial charge < -0.3 is 0 Å². The number of rotatable bonds is 7. The molecule has 1 atom stereocenters. The van der Waals surface area contributed by atoms with Crippen molar-refractivity contribution in [3.8, 4) is 0 Å². The molecular formula is C24H38. The fourth-order valence-corrected chi connectivity index (χ4v) is 5.47. The van der Waals surface area contributed by atoms with Crippen molar-refractivity contribution in [1.29, 1.82) is 0 Å². The van der Waals surface area contributed by atoms with Gasteiger partial charge in [-0.1, -0.05) is 64.3 Å². The summed E-state index contributed by atoms with van der Waals surface area (Å²) in [4.78, 5) is 0. The fourth-order valence-electron chi connectivity index (χ4n) is 5.47. The van der Waals surface area contributed by atoms with Crippen LogP contribution in [-0.4, -0.2) is 0 Å². The highest BCUT2D eigenvalue weighted by Gasteiger charge is 2.37. The van der Waals surface area contributed by atoms with E-state index in [4.69, 9.17) is 0 Å². The van der Waals surface area contributed by atoms with Crippen molar-refractivity contribution in [2.24, 2.45) is 23.7 Å². The van der Waals surface area contributed by atoms with Gasteiger partial charge in [0, 0.05) is 0 Å². The van der Waals surface area contributed by atoms with Gasteiger partial charge in [-0.15, -0.1) is 0 Å². The highest BCUT2D eigenvalue weighted by molar-refractivity contribution is 5.26. The van der Waals surface area contributed by atoms with Crippen LogP contribution in [-0.2, 0) is 6.42 Å². The zero-order chi connectivity index (χ0) is 16.9. The van der Waals surface area contributed by atoms with Crippen molar-refractivity contribution >= 4 is 0 Å². The number of hydrogen-bond donors (Lipinski definition) is 0. The van der Waals surface area contributed by atoms with E-state index in [1.54, 1.807) is 5.56 Å². The molecular weight excluding hydrogens is 288 g/mol. The smallest absolute Gasteiger partial charge is 0.0162 e. The molecule has 0 amide bonds. The predicted molar refractivity (Wildman–Crippen MR) is 105 cm³/mol. The SMILES string of the molecule is CCCc1ccc(C2CCC(C(C)C3CC(CCC)C3)CC2)cc1. The van der Waals surface area contributed by atoms with Crippen molar-refractivity contribution in [1.82, 2.24) is 0 Å². The van der Waals surface area contributed by atoms with E-state index in [0.29, 0.717) is 0 Å². The second-order valence-electron chi connectivity index (χ2n) is 8.85. The molecule has 0 N–H and O–H groups in total. The minimum Gasteiger partial charge on any atom is -0.0654 e. The molecule has 0 nitrogen and oxygen atoms in total. The summed E-state index contributed by atoms with van der Waals surface area (Å²) in [5.41, 5.74) is 3.11. The Morgan fingerprint density at radius 2 is 1.54 bits per heavy atom. The predicted octanol–water partition coefficient (Wildman–Crippen LogP) is 7.38. The third-order valence-electron chi connectivity index (χ3n) is 7.22. The van der Waals surface area contributed by atoms with Crippen molar-refractivity contribution < 1.29 is 0 Å². The summed E-state index contributed by atoms with van der Waals surface area (Å²) in [6.07, 6.45) is 14.2. The molecule has 1 aromatic rings. The van der Waals surface area contributed by atoms with E-state index in [1.165, 1.54) is 69.8 Å². The van der Waals surface area contributed by atoms with Crippen LogP contribution < -0.4 is 0 Å². The third-order valence-corrected chi connectivity index (χ3v) is 7.22. The molecule has 0 heteroatoms. The minimum atomic E-state index is 0.832. The maximum Gasteiger partial charge on any atom is -0.0162 e. The van der Waals surface area contributed by atoms with Gasteiger partial charge in [0.15, 0.2) is 0 Å². The van der Waals surface area contributed by atoms with Gasteiger partial charge in [0.2, 0.25) is 0 Å². The van der Waals surface area contributed by atoms with Gasteiger partial charge in [-0.2, -0.15) is 0 Å². The summed E-state index contributed by atoms with van der Waals surface area (Å²) >= 11 is 0. The average molecular weight is 327 g/mol. The maximum atomic E-state index is 2.57. The Hall–Kier alpha value is -0.780. The molecule has 24 heavy (non-hydrogen) atoms. The summed E-state index contributed by atoms with van der Waals surface area (Å²) in [7, 11) is 0. The summed E-state index contributed by atoms with van der Waals surface area (Å²) in [5, 5.41) is 0. The van der Waals surface area contributed by atoms with Crippen LogP contribution in [0.15, 0.2) is 24.3 Å². The molecule has 0 bridgehead atoms. The zero-order valence-electron chi connectivity index (χ0n) is 16.3. The summed E-state index contributed by atoms with van der Waals surface area (Å²) < 4.78 is 0. The zero-order valence-corrected chi connectivity index (χ0v) is 16.3. The first kappa shape index (κ1) is 18.0. The molecule has 0 saturated heterocycles. The van der Waals surface area contributed by atoms with Gasteiger partial charge in [0.1, 0.15) is 0 Å². The average Bonchev–Trinajstić information content (AvgIpc) is 2.58. The Morgan fingerprint density at radius 3 is 2.12 bits per heavy atom. The molecule has 2 saturated carbocycles. The van der Waals surface area contributed by atoms with E-state index >= 15 is 0 Å². The first-order chi connectivity index (χ1) is 11.7. The molecule has 0 radical (unpaired) electrons. The topological polar surface area (TPSA) is 0 Å². The molecule has 0 spiro atoms. The van der Waals surface area contributed by atoms with E-state index in [2.05, 4.69) is 45.0 Å². The molecule has 2 aliphatic rings. The van der Waals surface area contributed by atoms with E-state index in [0.717, 1.165) is 29.6 Å². The standard InChI is InChI=1S/C24H38/c1-4-6-19-8-10-22(11-9-19)23-14-12-21(13-15-23)18(3)24-16-20(17-24)7-5-2/h8-11,18,20-21,23-24H,4-7,12-17H2,1-3H3. The lowest BCUT2D eigenvalue weighted by atomic mass is 9.62. The van der Waals surface area contributed by atoms with Crippen LogP contribution in [0.2, 0.25) is 0 Å². The summed E-state index contributed by atoms with van der Waals surface area (Å²) in [6.45, 7) is 7.17. The van der Waals surface area contributed by atoms with Crippen LogP contribution in [0.1, 0.15) is 95.6 Å². The molecule has 134 valence electrons. The normalized spacial score (nSPS) is 31.5. The molecule has 3 rings (SSSR count). The lowest BCUT2D eigenvalue weighted by molar-refractivity contribution is 0.0727. The molecule has 0 heterocycles. The van der Waals surface area contributed by atoms with Gasteiger partial charge >= 0.3 is 0 Å². The summed E-state index contributed by atoms with van der Waals surface area (Å²) in [6, 6.07) is 9.58. The number of benzene rings is 1. The molecule has 1 unspecified atom stereocenters. The van der Waals surface area contributed by atoms with Gasteiger partial charge in [-0.3, -0.25) is 0 Å². The maximum absolute atomic E-state index is 2.57. The Bertz CT molecular complexity index is 471. The van der Waals surface area contributed by atoms with E-state index in [9.17, 15) is 0 Å². The van der Waals surface area contributed by atoms with Crippen LogP contribution in [0.4, 0.5) is 0 Å². The van der Waals surface area contributed by atoms with Crippen molar-refractivity contribution in [3.05, 3.63) is 35.4 Å². The number of aryl methyl sites for hydroxylation is 1. The Kier molecular flexibility index (Phi) is 6.42. The monoisotopic (exact) mass is 326 g/mol. The van der Waals surface area contributed by atoms with Crippen molar-refractivity contribution in [2.75, 3.05) is 0 Å². The second kappa shape index (κ2) is 8.54. The van der Waals surface area contributed by atoms with Gasteiger partial charge in [-0.05, 0) is 85.7 Å². The van der Waals surface area contributed by atoms with E-state index in [-0.39, 0.29) is 0 Å². The number of hydrogen-bond acceptors (Lipinski definition) is 0. The molecule has 2 aliphatic carbocycles. The molecule has 0 aromatic heterocycles. The van der Waals surface area contributed by atoms with E-state index < -0.39 is 0 Å². The van der Waals surface area contributed by atoms with E-state index in [1.807, 2.05) is 0 Å². The Morgan fingerprint density at radius 1 is 0.875 bits per heavy atom. The first-order valence-electron chi connectivity index (χ1n) is 10.8. The quantitative estimate of drug-likeness (QED) is 0.490. The van der Waals surface area contributed by atoms with Crippen LogP contribution in [0.5, 0.6) is 0 Å². The van der Waals surface area contributed by atoms with Crippen LogP contribution in [0.3, 0.4) is 0 Å². The summed E-state index contributed by atoms with van der Waals surface area (Å²) in [5.74, 6) is 4.94. The largest absolute Gasteiger partial charge is 0.0654 e. The van der Waals surface area contributed by atoms with Crippen LogP contribution in [0.25, 0.3) is 0 Å². The van der Waals surface area contributed by atoms with Gasteiger partial charge in [-0.25, -0.2) is 0 Å². The van der Waals surface area contributed by atoms with Crippen LogP contribution >= 0.6 is 0 Å². The molecule has 1 aromatic carbocycles. The first-order valence-corrected chi connectivity index (χ1v) is 10.8. The van der Waals surface area contributed by atoms with Crippen molar-refractivity contribution in [2.45, 2.75) is 90.9 Å². The second-order valence-corrected chi connectivity index (χ2v) is 8.85. The van der Waals surface area contributed by atoms with Gasteiger partial charge in [0.25, 0.3) is 0 Å². The minimum absolute atomic E-state index is 0.832. The third kappa shape index (κ3) is 4.24. The lowest BCUT2D eigenvalue weighted by Gasteiger charge is -2.44. The lowest BCUT2D eigenvalue weighted by Crippen LogP contribution is -2.34. The fraction of sp³-hybridized carbons (Fsp3) is 0.750. The Labute approximate surface area is 150 Å². The highest BCUT2D eigenvalue weighted by Crippen LogP contribution is 2.48. The Balaban J connectivity index is 1.45.